The molecule has 0 saturated carbocycles. The summed E-state index contributed by atoms with van der Waals surface area (Å²) >= 11 is 0. The predicted molar refractivity (Wildman–Crippen MR) is 80.9 cm³/mol. The fraction of sp³-hybridized carbons (Fsp3) is 0.929. The summed E-state index contributed by atoms with van der Waals surface area (Å²) in [6.07, 6.45) is 2.60. The summed E-state index contributed by atoms with van der Waals surface area (Å²) in [7, 11) is -3.05. The van der Waals surface area contributed by atoms with Crippen molar-refractivity contribution in [2.75, 3.05) is 31.2 Å². The number of carbonyl (C=O) groups excluding carboxylic acids is 1. The van der Waals surface area contributed by atoms with Gasteiger partial charge in [0, 0.05) is 12.5 Å². The number of amides is 1. The predicted octanol–water partition coefficient (Wildman–Crippen LogP) is 0.179. The van der Waals surface area contributed by atoms with Crippen molar-refractivity contribution in [3.05, 3.63) is 0 Å². The number of carbonyl (C=O) groups is 1. The number of nitrogens with one attached hydrogen (secondary N) is 1. The lowest BCUT2D eigenvalue weighted by molar-refractivity contribution is -0.123. The molecule has 0 aromatic heterocycles. The lowest BCUT2D eigenvalue weighted by Crippen LogP contribution is -2.50. The van der Waals surface area contributed by atoms with Crippen molar-refractivity contribution in [1.29, 1.82) is 0 Å². The quantitative estimate of drug-likeness (QED) is 0.756. The van der Waals surface area contributed by atoms with Crippen LogP contribution in [0.25, 0.3) is 0 Å². The van der Waals surface area contributed by atoms with Gasteiger partial charge >= 0.3 is 0 Å². The molecule has 0 aromatic rings. The fourth-order valence-electron chi connectivity index (χ4n) is 3.07. The second-order valence-corrected chi connectivity index (χ2v) is 8.38. The third-order valence-corrected chi connectivity index (χ3v) is 5.78. The standard InChI is InChI=1S/C14H26N2O4S/c1-11(2)20-8-5-14(17)15-12-9-21(18,19)10-13(12)16-6-3-4-7-16/h11-13H,3-10H2,1-2H3,(H,15,17)/t12-,13+/m0/s1. The molecule has 6 nitrogen and oxygen atoms in total. The molecule has 2 heterocycles. The van der Waals surface area contributed by atoms with Gasteiger partial charge in [0.2, 0.25) is 5.91 Å². The smallest absolute Gasteiger partial charge is 0.222 e. The summed E-state index contributed by atoms with van der Waals surface area (Å²) in [5.74, 6) is 0.104. The molecule has 2 rings (SSSR count). The Morgan fingerprint density at radius 1 is 1.29 bits per heavy atom. The molecular weight excluding hydrogens is 292 g/mol. The van der Waals surface area contributed by atoms with E-state index >= 15 is 0 Å². The summed E-state index contributed by atoms with van der Waals surface area (Å²) in [4.78, 5) is 14.2. The lowest BCUT2D eigenvalue weighted by Gasteiger charge is -2.28. The Hall–Kier alpha value is -0.660. The number of likely N-dealkylation sites (tertiary alicyclic amines) is 1. The Kier molecular flexibility index (Phi) is 5.62. The molecule has 7 heteroatoms. The Morgan fingerprint density at radius 3 is 2.57 bits per heavy atom. The molecule has 2 aliphatic heterocycles. The van der Waals surface area contributed by atoms with E-state index in [1.165, 1.54) is 0 Å². The van der Waals surface area contributed by atoms with Gasteiger partial charge in [-0.2, -0.15) is 0 Å². The van der Waals surface area contributed by atoms with Crippen LogP contribution >= 0.6 is 0 Å². The average Bonchev–Trinajstić information content (AvgIpc) is 2.96. The van der Waals surface area contributed by atoms with E-state index in [-0.39, 0.29) is 42.0 Å². The third kappa shape index (κ3) is 4.93. The van der Waals surface area contributed by atoms with Crippen molar-refractivity contribution in [2.45, 2.75) is 51.3 Å². The van der Waals surface area contributed by atoms with Gasteiger partial charge in [-0.1, -0.05) is 0 Å². The molecule has 2 atom stereocenters. The van der Waals surface area contributed by atoms with Gasteiger partial charge in [-0.3, -0.25) is 9.69 Å². The molecule has 0 unspecified atom stereocenters. The Balaban J connectivity index is 1.88. The molecule has 0 aromatic carbocycles. The summed E-state index contributed by atoms with van der Waals surface area (Å²) < 4.78 is 29.1. The zero-order chi connectivity index (χ0) is 15.5. The van der Waals surface area contributed by atoms with E-state index in [2.05, 4.69) is 10.2 Å². The van der Waals surface area contributed by atoms with Gasteiger partial charge in [0.05, 0.1) is 30.3 Å². The number of sulfone groups is 1. The molecule has 2 saturated heterocycles. The van der Waals surface area contributed by atoms with Crippen molar-refractivity contribution in [1.82, 2.24) is 10.2 Å². The monoisotopic (exact) mass is 318 g/mol. The number of ether oxygens (including phenoxy) is 1. The van der Waals surface area contributed by atoms with Gasteiger partial charge in [0.15, 0.2) is 9.84 Å². The van der Waals surface area contributed by atoms with E-state index in [1.54, 1.807) is 0 Å². The molecule has 0 radical (unpaired) electrons. The third-order valence-electron chi connectivity index (χ3n) is 4.06. The first-order valence-corrected chi connectivity index (χ1v) is 9.55. The first kappa shape index (κ1) is 16.7. The highest BCUT2D eigenvalue weighted by atomic mass is 32.2. The number of hydrogen-bond acceptors (Lipinski definition) is 5. The number of nitrogens with zero attached hydrogens (tertiary/aromatic N) is 1. The summed E-state index contributed by atoms with van der Waals surface area (Å²) in [5.41, 5.74) is 0. The van der Waals surface area contributed by atoms with Crippen LogP contribution in [-0.4, -0.2) is 68.6 Å². The first-order chi connectivity index (χ1) is 9.87. The SMILES string of the molecule is CC(C)OCCC(=O)N[C@H]1CS(=O)(=O)C[C@H]1N1CCCC1. The molecule has 1 amide bonds. The highest BCUT2D eigenvalue weighted by molar-refractivity contribution is 7.91. The molecule has 0 spiro atoms. The van der Waals surface area contributed by atoms with Crippen LogP contribution in [-0.2, 0) is 19.4 Å². The van der Waals surface area contributed by atoms with Crippen molar-refractivity contribution >= 4 is 15.7 Å². The second kappa shape index (κ2) is 7.07. The van der Waals surface area contributed by atoms with Crippen molar-refractivity contribution in [3.63, 3.8) is 0 Å². The molecule has 2 fully saturated rings. The van der Waals surface area contributed by atoms with Crippen molar-refractivity contribution in [2.24, 2.45) is 0 Å². The summed E-state index contributed by atoms with van der Waals surface area (Å²) in [6.45, 7) is 6.08. The summed E-state index contributed by atoms with van der Waals surface area (Å²) in [6, 6.07) is -0.341. The molecule has 0 bridgehead atoms. The molecular formula is C14H26N2O4S. The van der Waals surface area contributed by atoms with Crippen LogP contribution in [0.1, 0.15) is 33.1 Å². The maximum absolute atomic E-state index is 11.9. The van der Waals surface area contributed by atoms with Gasteiger partial charge in [-0.15, -0.1) is 0 Å². The molecule has 0 aliphatic carbocycles. The number of rotatable bonds is 6. The lowest BCUT2D eigenvalue weighted by atomic mass is 10.1. The zero-order valence-electron chi connectivity index (χ0n) is 12.9. The van der Waals surface area contributed by atoms with Gasteiger partial charge in [0.1, 0.15) is 0 Å². The van der Waals surface area contributed by atoms with E-state index in [0.29, 0.717) is 6.61 Å². The zero-order valence-corrected chi connectivity index (χ0v) is 13.7. The van der Waals surface area contributed by atoms with E-state index in [4.69, 9.17) is 4.74 Å². The van der Waals surface area contributed by atoms with Gasteiger partial charge < -0.3 is 10.1 Å². The highest BCUT2D eigenvalue weighted by Crippen LogP contribution is 2.22. The largest absolute Gasteiger partial charge is 0.378 e. The second-order valence-electron chi connectivity index (χ2n) is 6.23. The van der Waals surface area contributed by atoms with Crippen LogP contribution in [0.3, 0.4) is 0 Å². The fourth-order valence-corrected chi connectivity index (χ4v) is 5.02. The molecule has 122 valence electrons. The molecule has 2 aliphatic rings. The van der Waals surface area contributed by atoms with Gasteiger partial charge in [0.25, 0.3) is 0 Å². The first-order valence-electron chi connectivity index (χ1n) is 7.73. The van der Waals surface area contributed by atoms with Crippen molar-refractivity contribution in [3.8, 4) is 0 Å². The minimum absolute atomic E-state index is 0.0605. The van der Waals surface area contributed by atoms with E-state index in [9.17, 15) is 13.2 Å². The van der Waals surface area contributed by atoms with Crippen LogP contribution in [0.2, 0.25) is 0 Å². The van der Waals surface area contributed by atoms with Crippen LogP contribution in [0, 0.1) is 0 Å². The van der Waals surface area contributed by atoms with Crippen LogP contribution in [0.5, 0.6) is 0 Å². The van der Waals surface area contributed by atoms with Crippen molar-refractivity contribution < 1.29 is 17.9 Å². The number of hydrogen-bond donors (Lipinski definition) is 1. The minimum Gasteiger partial charge on any atom is -0.378 e. The normalized spacial score (nSPS) is 29.1. The van der Waals surface area contributed by atoms with Crippen LogP contribution in [0.15, 0.2) is 0 Å². The van der Waals surface area contributed by atoms with Crippen LogP contribution < -0.4 is 5.32 Å². The maximum atomic E-state index is 11.9. The van der Waals surface area contributed by atoms with E-state index < -0.39 is 9.84 Å². The molecule has 1 N–H and O–H groups in total. The Morgan fingerprint density at radius 2 is 1.95 bits per heavy atom. The van der Waals surface area contributed by atoms with Crippen LogP contribution in [0.4, 0.5) is 0 Å². The minimum atomic E-state index is -3.05. The Labute approximate surface area is 127 Å². The Bertz CT molecular complexity index is 458. The average molecular weight is 318 g/mol. The van der Waals surface area contributed by atoms with Gasteiger partial charge in [-0.05, 0) is 39.8 Å². The highest BCUT2D eigenvalue weighted by Gasteiger charge is 2.42. The van der Waals surface area contributed by atoms with E-state index in [1.807, 2.05) is 13.8 Å². The molecule has 21 heavy (non-hydrogen) atoms. The van der Waals surface area contributed by atoms with E-state index in [0.717, 1.165) is 25.9 Å². The maximum Gasteiger partial charge on any atom is 0.222 e. The topological polar surface area (TPSA) is 75.7 Å². The summed E-state index contributed by atoms with van der Waals surface area (Å²) in [5, 5.41) is 2.90. The van der Waals surface area contributed by atoms with Gasteiger partial charge in [-0.25, -0.2) is 8.42 Å².